The molecule has 0 aromatic carbocycles. The highest BCUT2D eigenvalue weighted by Crippen LogP contribution is 2.65. The molecule has 15 nitrogen and oxygen atoms in total. The van der Waals surface area contributed by atoms with Crippen LogP contribution in [0, 0.1) is 32.5 Å². The third-order valence-corrected chi connectivity index (χ3v) is 17.3. The lowest BCUT2D eigenvalue weighted by Crippen LogP contribution is -2.72. The Morgan fingerprint density at radius 3 is 1.78 bits per heavy atom. The fourth-order valence-electron chi connectivity index (χ4n) is 9.05. The predicted octanol–water partition coefficient (Wildman–Crippen LogP) is 8.33. The number of carboxylic acid groups (broad SMARTS) is 1. The number of hydrogen-bond donors (Lipinski definition) is 5. The number of unbranched alkanes of at least 4 members (excludes halogenated alkanes) is 1. The molecule has 18 heteroatoms. The van der Waals surface area contributed by atoms with Crippen molar-refractivity contribution in [3.63, 3.8) is 0 Å². The van der Waals surface area contributed by atoms with Gasteiger partial charge in [-0.05, 0) is 93.3 Å². The molecule has 0 radical (unpaired) electrons. The second-order valence-corrected chi connectivity index (χ2v) is 26.7. The lowest BCUT2D eigenvalue weighted by Gasteiger charge is -2.66. The van der Waals surface area contributed by atoms with Gasteiger partial charge in [-0.15, -0.1) is 4.65 Å². The average Bonchev–Trinajstić information content (AvgIpc) is 3.15. The van der Waals surface area contributed by atoms with Crippen LogP contribution >= 0.6 is 25.3 Å². The molecular weight excluding hydrogens is 929 g/mol. The van der Waals surface area contributed by atoms with Crippen LogP contribution in [-0.4, -0.2) is 161 Å². The van der Waals surface area contributed by atoms with Crippen molar-refractivity contribution in [2.24, 2.45) is 32.5 Å². The van der Waals surface area contributed by atoms with Gasteiger partial charge in [0.1, 0.15) is 39.4 Å². The van der Waals surface area contributed by atoms with Crippen LogP contribution in [0.4, 0.5) is 0 Å². The first-order valence-electron chi connectivity index (χ1n) is 24.1. The SMILES string of the molecule is CN(C(C)(C)C(C)(C)C(C)(C)C(C)(C)C(C)(CC(C)(C)C)C(=O)O[N+](C)(C)CC(=O)O)C(C)(C(=O)OCC[N+](C)(C)CCCS(=O)O)C(C)(C)C.O=COCCNC(=O)CCCCC(S)CCS. The lowest BCUT2D eigenvalue weighted by atomic mass is 9.42. The summed E-state index contributed by atoms with van der Waals surface area (Å²) < 4.78 is 30.9. The minimum atomic E-state index is -1.83. The highest BCUT2D eigenvalue weighted by Gasteiger charge is 2.66. The van der Waals surface area contributed by atoms with E-state index in [2.05, 4.69) is 116 Å². The van der Waals surface area contributed by atoms with Gasteiger partial charge in [0.15, 0.2) is 11.1 Å². The van der Waals surface area contributed by atoms with Gasteiger partial charge in [-0.2, -0.15) is 25.3 Å². The third kappa shape index (κ3) is 19.9. The van der Waals surface area contributed by atoms with Crippen molar-refractivity contribution in [2.45, 2.75) is 172 Å². The molecule has 0 aromatic rings. The van der Waals surface area contributed by atoms with Gasteiger partial charge in [0.05, 0.1) is 38.4 Å². The zero-order valence-electron chi connectivity index (χ0n) is 46.5. The second-order valence-electron chi connectivity index (χ2n) is 24.5. The third-order valence-electron chi connectivity index (χ3n) is 15.9. The van der Waals surface area contributed by atoms with E-state index in [4.69, 9.17) is 14.1 Å². The van der Waals surface area contributed by atoms with Crippen molar-refractivity contribution < 1.29 is 61.3 Å². The van der Waals surface area contributed by atoms with Crippen LogP contribution in [0.3, 0.4) is 0 Å². The fourth-order valence-corrected chi connectivity index (χ4v) is 10.3. The number of nitrogens with one attached hydrogen (secondary N) is 1. The van der Waals surface area contributed by atoms with E-state index in [0.717, 1.165) is 31.4 Å². The van der Waals surface area contributed by atoms with E-state index in [9.17, 15) is 33.3 Å². The summed E-state index contributed by atoms with van der Waals surface area (Å²) in [6.07, 6.45) is 5.49. The summed E-state index contributed by atoms with van der Waals surface area (Å²) in [5, 5.41) is 12.6. The molecule has 0 aliphatic heterocycles. The largest absolute Gasteiger partial charge is 0.477 e. The Kier molecular flexibility index (Phi) is 27.2. The molecule has 0 aliphatic carbocycles. The molecule has 402 valence electrons. The molecule has 0 spiro atoms. The van der Waals surface area contributed by atoms with Crippen LogP contribution < -0.4 is 5.32 Å². The number of rotatable bonds is 30. The Bertz CT molecular complexity index is 1640. The summed E-state index contributed by atoms with van der Waals surface area (Å²) in [5.74, 6) is -0.761. The summed E-state index contributed by atoms with van der Waals surface area (Å²) in [5.41, 5.74) is -5.45. The topological polar surface area (TPSA) is 186 Å². The molecule has 0 saturated heterocycles. The normalized spacial score (nSPS) is 16.0. The van der Waals surface area contributed by atoms with Crippen molar-refractivity contribution in [1.29, 1.82) is 0 Å². The number of nitrogens with zero attached hydrogens (tertiary/aromatic N) is 3. The minimum absolute atomic E-state index is 0.00408. The monoisotopic (exact) mass is 1030 g/mol. The number of amides is 1. The van der Waals surface area contributed by atoms with Crippen molar-refractivity contribution in [3.8, 4) is 0 Å². The van der Waals surface area contributed by atoms with Crippen LogP contribution in [0.25, 0.3) is 0 Å². The Balaban J connectivity index is 0. The molecule has 68 heavy (non-hydrogen) atoms. The number of carbonyl (C=O) groups excluding carboxylic acids is 4. The van der Waals surface area contributed by atoms with Crippen LogP contribution in [0.2, 0.25) is 0 Å². The molecule has 1 amide bonds. The van der Waals surface area contributed by atoms with Crippen molar-refractivity contribution in [1.82, 2.24) is 10.2 Å². The maximum atomic E-state index is 14.5. The van der Waals surface area contributed by atoms with Gasteiger partial charge in [0.25, 0.3) is 6.47 Å². The minimum Gasteiger partial charge on any atom is -0.477 e. The molecule has 0 fully saturated rings. The smallest absolute Gasteiger partial charge is 0.373 e. The van der Waals surface area contributed by atoms with E-state index >= 15 is 0 Å². The summed E-state index contributed by atoms with van der Waals surface area (Å²) >= 11 is 6.73. The van der Waals surface area contributed by atoms with E-state index < -0.39 is 65.8 Å². The Labute approximate surface area is 426 Å². The molecule has 4 unspecified atom stereocenters. The zero-order valence-corrected chi connectivity index (χ0v) is 49.1. The summed E-state index contributed by atoms with van der Waals surface area (Å²) in [6.45, 7) is 35.7. The summed E-state index contributed by atoms with van der Waals surface area (Å²) in [6, 6.07) is 0. The number of thiol groups is 2. The Morgan fingerprint density at radius 2 is 1.32 bits per heavy atom. The average molecular weight is 1030 g/mol. The van der Waals surface area contributed by atoms with Gasteiger partial charge in [0, 0.05) is 23.6 Å². The van der Waals surface area contributed by atoms with Crippen LogP contribution in [0.15, 0.2) is 0 Å². The van der Waals surface area contributed by atoms with E-state index in [1.165, 1.54) is 0 Å². The summed E-state index contributed by atoms with van der Waals surface area (Å²) in [4.78, 5) is 69.7. The number of aliphatic carboxylic acids is 1. The molecule has 0 saturated carbocycles. The Hall–Kier alpha value is -1.96. The highest BCUT2D eigenvalue weighted by atomic mass is 32.2. The van der Waals surface area contributed by atoms with Gasteiger partial charge in [-0.25, -0.2) is 13.8 Å². The standard InChI is InChI=1S/C39H77N3O8S.C11H21NO3S2/c1-32(2,3)28-38(15,30(45)50-42(20,21)27-29(43)44)36(11,12)34(7,8)35(9,10)37(13,14)40(17)39(16,33(4,5)6)31(46)49-25-24-41(18,19)23-22-26-51(47)48;13-9-15-7-6-12-11(14)4-2-1-3-10(17)5-8-16/h22-28H2,1-21H3;9-10,16-17H,1-8H2,(H,12,14)/p+2. The van der Waals surface area contributed by atoms with E-state index in [1.54, 1.807) is 14.1 Å². The molecule has 4 atom stereocenters. The van der Waals surface area contributed by atoms with Crippen molar-refractivity contribution in [2.75, 3.05) is 86.1 Å². The number of carbonyl (C=O) groups is 5. The maximum Gasteiger partial charge on any atom is 0.373 e. The van der Waals surface area contributed by atoms with Gasteiger partial charge in [0.2, 0.25) is 12.5 Å². The molecule has 0 rings (SSSR count). The lowest BCUT2D eigenvalue weighted by molar-refractivity contribution is -1.05. The van der Waals surface area contributed by atoms with E-state index in [1.807, 2.05) is 55.8 Å². The molecule has 0 heterocycles. The second kappa shape index (κ2) is 27.2. The molecule has 0 aromatic heterocycles. The van der Waals surface area contributed by atoms with Gasteiger partial charge in [-0.3, -0.25) is 24.1 Å². The van der Waals surface area contributed by atoms with Gasteiger partial charge >= 0.3 is 17.9 Å². The number of carboxylic acids is 1. The van der Waals surface area contributed by atoms with Crippen molar-refractivity contribution in [3.05, 3.63) is 0 Å². The molecule has 0 bridgehead atoms. The first-order valence-corrected chi connectivity index (χ1v) is 26.5. The predicted molar refractivity (Wildman–Crippen MR) is 282 cm³/mol. The van der Waals surface area contributed by atoms with Gasteiger partial charge in [-0.1, -0.05) is 89.5 Å². The first-order chi connectivity index (χ1) is 30.4. The maximum absolute atomic E-state index is 14.5. The molecule has 0 aliphatic rings. The number of hydrogen-bond acceptors (Lipinski definition) is 12. The highest BCUT2D eigenvalue weighted by molar-refractivity contribution is 7.81. The number of ether oxygens (including phenoxy) is 2. The number of quaternary nitrogens is 2. The van der Waals surface area contributed by atoms with Crippen molar-refractivity contribution >= 4 is 66.6 Å². The van der Waals surface area contributed by atoms with Crippen LogP contribution in [-0.2, 0) is 49.4 Å². The van der Waals surface area contributed by atoms with E-state index in [-0.39, 0.29) is 42.8 Å². The Morgan fingerprint density at radius 1 is 0.779 bits per heavy atom. The summed E-state index contributed by atoms with van der Waals surface area (Å²) in [7, 11) is 9.19. The molecular formula is C50H100N4O11S3+2. The number of esters is 1. The number of hydroxylamine groups is 3. The fraction of sp³-hybridized carbons (Fsp3) is 0.900. The number of likely N-dealkylation sites (N-methyl/N-ethyl adjacent to an activating group) is 3. The zero-order chi connectivity index (χ0) is 54.2. The quantitative estimate of drug-likeness (QED) is 0.00883. The van der Waals surface area contributed by atoms with E-state index in [0.29, 0.717) is 55.1 Å². The van der Waals surface area contributed by atoms with Crippen LogP contribution in [0.1, 0.15) is 156 Å². The van der Waals surface area contributed by atoms with Gasteiger partial charge < -0.3 is 28.9 Å². The van der Waals surface area contributed by atoms with Crippen LogP contribution in [0.5, 0.6) is 0 Å². The first kappa shape index (κ1) is 68.1. The molecule has 3 N–H and O–H groups in total.